The van der Waals surface area contributed by atoms with Crippen LogP contribution in [0.4, 0.5) is 17.6 Å². The number of nitrogens with one attached hydrogen (secondary N) is 1. The maximum absolute atomic E-state index is 14.8. The summed E-state index contributed by atoms with van der Waals surface area (Å²) in [5.74, 6) is -2.11. The van der Waals surface area contributed by atoms with E-state index < -0.39 is 47.1 Å². The maximum atomic E-state index is 14.8. The Morgan fingerprint density at radius 1 is 1.20 bits per heavy atom. The summed E-state index contributed by atoms with van der Waals surface area (Å²) in [6.07, 6.45) is -1.63. The summed E-state index contributed by atoms with van der Waals surface area (Å²) in [7, 11) is 1.38. The van der Waals surface area contributed by atoms with Crippen molar-refractivity contribution >= 4 is 34.3 Å². The number of nitrogens with zero attached hydrogens (tertiary/aromatic N) is 2. The molecule has 1 saturated carbocycles. The number of benzene rings is 2. The second-order valence-electron chi connectivity index (χ2n) is 11.7. The SMILES string of the molecule is COc1cc(C(=O)NC[C@](O)(c2cc3c(c(-c4ccc(F)c(Cl)c4)n2)OC[C@]3(C)C(N)=O)C(F)(F)F)cc2cc(C3CC3)cnc12. The molecule has 46 heavy (non-hydrogen) atoms. The fourth-order valence-corrected chi connectivity index (χ4v) is 5.63. The number of hydrogen-bond acceptors (Lipinski definition) is 7. The molecule has 3 heterocycles. The highest BCUT2D eigenvalue weighted by atomic mass is 35.5. The van der Waals surface area contributed by atoms with Crippen LogP contribution in [0.3, 0.4) is 0 Å². The summed E-state index contributed by atoms with van der Waals surface area (Å²) < 4.78 is 69.4. The molecule has 0 radical (unpaired) electrons. The van der Waals surface area contributed by atoms with Gasteiger partial charge in [-0.1, -0.05) is 11.6 Å². The Balaban J connectivity index is 1.41. The number of rotatable bonds is 8. The van der Waals surface area contributed by atoms with E-state index in [1.165, 1.54) is 32.2 Å². The second kappa shape index (κ2) is 11.1. The quantitative estimate of drug-likeness (QED) is 0.219. The van der Waals surface area contributed by atoms with E-state index in [2.05, 4.69) is 15.3 Å². The summed E-state index contributed by atoms with van der Waals surface area (Å²) in [6, 6.07) is 8.88. The predicted octanol–water partition coefficient (Wildman–Crippen LogP) is 5.29. The van der Waals surface area contributed by atoms with Crippen LogP contribution in [0, 0.1) is 5.82 Å². The van der Waals surface area contributed by atoms with Gasteiger partial charge in [-0.25, -0.2) is 9.37 Å². The van der Waals surface area contributed by atoms with Gasteiger partial charge in [0.2, 0.25) is 11.5 Å². The average molecular weight is 659 g/mol. The number of nitrogens with two attached hydrogens (primary N) is 1. The molecule has 0 spiro atoms. The van der Waals surface area contributed by atoms with E-state index in [9.17, 15) is 32.3 Å². The van der Waals surface area contributed by atoms with E-state index >= 15 is 0 Å². The Hall–Kier alpha value is -4.49. The molecule has 2 aliphatic rings. The average Bonchev–Trinajstić information content (AvgIpc) is 3.82. The number of halogens is 5. The topological polar surface area (TPSA) is 137 Å². The molecule has 240 valence electrons. The van der Waals surface area contributed by atoms with E-state index in [1.54, 1.807) is 6.20 Å². The van der Waals surface area contributed by atoms with Crippen molar-refractivity contribution in [1.29, 1.82) is 0 Å². The van der Waals surface area contributed by atoms with Gasteiger partial charge in [0.05, 0.1) is 24.4 Å². The Bertz CT molecular complexity index is 1920. The molecule has 0 unspecified atom stereocenters. The van der Waals surface area contributed by atoms with Crippen LogP contribution < -0.4 is 20.5 Å². The summed E-state index contributed by atoms with van der Waals surface area (Å²) in [4.78, 5) is 34.3. The maximum Gasteiger partial charge on any atom is 0.424 e. The molecule has 2 aromatic carbocycles. The zero-order valence-electron chi connectivity index (χ0n) is 24.5. The van der Waals surface area contributed by atoms with Gasteiger partial charge in [0.15, 0.2) is 0 Å². The highest BCUT2D eigenvalue weighted by Crippen LogP contribution is 2.48. The lowest BCUT2D eigenvalue weighted by Crippen LogP contribution is -2.51. The molecule has 14 heteroatoms. The number of alkyl halides is 3. The first kappa shape index (κ1) is 31.5. The number of methoxy groups -OCH3 is 1. The zero-order chi connectivity index (χ0) is 33.2. The van der Waals surface area contributed by atoms with Crippen molar-refractivity contribution < 1.29 is 41.7 Å². The molecule has 1 aliphatic carbocycles. The molecule has 0 saturated heterocycles. The van der Waals surface area contributed by atoms with Gasteiger partial charge in [0, 0.05) is 28.3 Å². The van der Waals surface area contributed by atoms with Gasteiger partial charge in [-0.15, -0.1) is 0 Å². The van der Waals surface area contributed by atoms with Crippen LogP contribution in [0.15, 0.2) is 48.7 Å². The number of fused-ring (bicyclic) bond motifs is 2. The molecule has 4 aromatic rings. The number of pyridine rings is 2. The highest BCUT2D eigenvalue weighted by molar-refractivity contribution is 6.31. The number of aliphatic hydroxyl groups is 1. The molecular formula is C32H27ClF4N4O5. The van der Waals surface area contributed by atoms with Crippen molar-refractivity contribution in [3.8, 4) is 22.8 Å². The number of primary amides is 1. The van der Waals surface area contributed by atoms with Crippen LogP contribution in [0.1, 0.15) is 52.9 Å². The van der Waals surface area contributed by atoms with Gasteiger partial charge in [0.25, 0.3) is 5.91 Å². The number of carbonyl (C=O) groups excluding carboxylic acids is 2. The first-order valence-electron chi connectivity index (χ1n) is 14.2. The normalized spacial score (nSPS) is 18.9. The number of carbonyl (C=O) groups is 2. The van der Waals surface area contributed by atoms with E-state index in [-0.39, 0.29) is 45.5 Å². The molecular weight excluding hydrogens is 632 g/mol. The van der Waals surface area contributed by atoms with Gasteiger partial charge in [-0.2, -0.15) is 13.2 Å². The Kier molecular flexibility index (Phi) is 7.59. The van der Waals surface area contributed by atoms with Crippen molar-refractivity contribution in [2.75, 3.05) is 20.3 Å². The van der Waals surface area contributed by atoms with Crippen LogP contribution in [-0.2, 0) is 15.8 Å². The van der Waals surface area contributed by atoms with E-state index in [4.69, 9.17) is 26.8 Å². The first-order valence-corrected chi connectivity index (χ1v) is 14.5. The summed E-state index contributed by atoms with van der Waals surface area (Å²) in [5.41, 5.74) is 0.451. The fourth-order valence-electron chi connectivity index (χ4n) is 5.44. The minimum atomic E-state index is -5.38. The zero-order valence-corrected chi connectivity index (χ0v) is 25.2. The molecule has 9 nitrogen and oxygen atoms in total. The molecule has 6 rings (SSSR count). The molecule has 4 N–H and O–H groups in total. The summed E-state index contributed by atoms with van der Waals surface area (Å²) in [6.45, 7) is -0.315. The minimum Gasteiger partial charge on any atom is -0.494 e. The van der Waals surface area contributed by atoms with Gasteiger partial charge in [-0.05, 0) is 73.7 Å². The van der Waals surface area contributed by atoms with Crippen LogP contribution in [0.2, 0.25) is 5.02 Å². The van der Waals surface area contributed by atoms with Crippen LogP contribution in [-0.4, -0.2) is 53.3 Å². The van der Waals surface area contributed by atoms with Crippen molar-refractivity contribution in [3.05, 3.63) is 81.9 Å². The largest absolute Gasteiger partial charge is 0.494 e. The van der Waals surface area contributed by atoms with Crippen LogP contribution >= 0.6 is 11.6 Å². The van der Waals surface area contributed by atoms with Gasteiger partial charge >= 0.3 is 6.18 Å². The third-order valence-electron chi connectivity index (χ3n) is 8.51. The summed E-state index contributed by atoms with van der Waals surface area (Å²) >= 11 is 5.94. The van der Waals surface area contributed by atoms with Crippen molar-refractivity contribution in [1.82, 2.24) is 15.3 Å². The van der Waals surface area contributed by atoms with Gasteiger partial charge in [0.1, 0.15) is 40.5 Å². The van der Waals surface area contributed by atoms with Crippen LogP contribution in [0.5, 0.6) is 11.5 Å². The van der Waals surface area contributed by atoms with Gasteiger partial charge < -0.3 is 25.6 Å². The first-order chi connectivity index (χ1) is 21.7. The number of hydrogen-bond donors (Lipinski definition) is 3. The Morgan fingerprint density at radius 3 is 2.57 bits per heavy atom. The third kappa shape index (κ3) is 5.26. The smallest absolute Gasteiger partial charge is 0.424 e. The predicted molar refractivity (Wildman–Crippen MR) is 159 cm³/mol. The van der Waals surface area contributed by atoms with Gasteiger partial charge in [-0.3, -0.25) is 14.6 Å². The van der Waals surface area contributed by atoms with E-state index in [1.807, 2.05) is 6.07 Å². The lowest BCUT2D eigenvalue weighted by atomic mass is 9.81. The standard InChI is InChI=1S/C32H27ClF4N4O5/c1-30(29(38)43)14-46-27-20(30)11-24(41-26(27)16-5-6-22(34)21(33)9-16)31(44,32(35,36)37)13-40-28(42)18-7-17-8-19(15-3-4-15)12-39-25(17)23(10-18)45-2/h5-12,15,44H,3-4,13-14H2,1-2H3,(H2,38,43)(H,40,42)/t30-,31-/m0/s1. The molecule has 1 fully saturated rings. The molecule has 0 bridgehead atoms. The molecule has 2 aromatic heterocycles. The second-order valence-corrected chi connectivity index (χ2v) is 12.1. The number of aromatic nitrogens is 2. The minimum absolute atomic E-state index is 0.0260. The fraction of sp³-hybridized carbons (Fsp3) is 0.312. The molecule has 1 aliphatic heterocycles. The van der Waals surface area contributed by atoms with E-state index in [0.717, 1.165) is 36.6 Å². The highest BCUT2D eigenvalue weighted by Gasteiger charge is 2.57. The number of amides is 2. The number of ether oxygens (including phenoxy) is 2. The van der Waals surface area contributed by atoms with Crippen molar-refractivity contribution in [2.24, 2.45) is 5.73 Å². The summed E-state index contributed by atoms with van der Waals surface area (Å²) in [5, 5.41) is 13.7. The molecule has 2 atom stereocenters. The monoisotopic (exact) mass is 658 g/mol. The van der Waals surface area contributed by atoms with Crippen LogP contribution in [0.25, 0.3) is 22.2 Å². The lowest BCUT2D eigenvalue weighted by Gasteiger charge is -2.31. The van der Waals surface area contributed by atoms with Crippen molar-refractivity contribution in [3.63, 3.8) is 0 Å². The third-order valence-corrected chi connectivity index (χ3v) is 8.80. The van der Waals surface area contributed by atoms with E-state index in [0.29, 0.717) is 16.8 Å². The Morgan fingerprint density at radius 2 is 1.93 bits per heavy atom. The van der Waals surface area contributed by atoms with Crippen molar-refractivity contribution in [2.45, 2.75) is 42.9 Å². The lowest BCUT2D eigenvalue weighted by molar-refractivity contribution is -0.265. The molecule has 2 amide bonds. The Labute approximate surface area is 264 Å².